The molecule has 1 fully saturated rings. The first kappa shape index (κ1) is 14.4. The van der Waals surface area contributed by atoms with Crippen LogP contribution in [-0.2, 0) is 4.79 Å². The highest BCUT2D eigenvalue weighted by molar-refractivity contribution is 8.01. The van der Waals surface area contributed by atoms with Crippen molar-refractivity contribution in [1.82, 2.24) is 4.90 Å². The van der Waals surface area contributed by atoms with E-state index in [1.807, 2.05) is 23.1 Å². The molecular weight excluding hydrogens is 254 g/mol. The van der Waals surface area contributed by atoms with Crippen molar-refractivity contribution in [3.05, 3.63) is 30.3 Å². The van der Waals surface area contributed by atoms with E-state index in [-0.39, 0.29) is 4.75 Å². The molecule has 0 unspecified atom stereocenters. The van der Waals surface area contributed by atoms with E-state index >= 15 is 0 Å². The number of amides is 1. The van der Waals surface area contributed by atoms with Crippen LogP contribution in [0.2, 0.25) is 0 Å². The number of benzene rings is 1. The van der Waals surface area contributed by atoms with Crippen LogP contribution in [0.1, 0.15) is 39.5 Å². The fraction of sp³-hybridized carbons (Fsp3) is 0.562. The van der Waals surface area contributed by atoms with Crippen molar-refractivity contribution in [1.29, 1.82) is 0 Å². The molecule has 1 aromatic carbocycles. The van der Waals surface area contributed by atoms with Crippen molar-refractivity contribution in [3.63, 3.8) is 0 Å². The zero-order chi connectivity index (χ0) is 13.7. The molecule has 0 aromatic heterocycles. The molecule has 0 heterocycles. The third kappa shape index (κ3) is 3.14. The average molecular weight is 277 g/mol. The van der Waals surface area contributed by atoms with Gasteiger partial charge in [-0.05, 0) is 38.8 Å². The summed E-state index contributed by atoms with van der Waals surface area (Å²) in [4.78, 5) is 16.0. The summed E-state index contributed by atoms with van der Waals surface area (Å²) < 4.78 is -0.215. The smallest absolute Gasteiger partial charge is 0.239 e. The zero-order valence-corrected chi connectivity index (χ0v) is 12.7. The summed E-state index contributed by atoms with van der Waals surface area (Å²) in [7, 11) is 0. The lowest BCUT2D eigenvalue weighted by atomic mass is 10.1. The van der Waals surface area contributed by atoms with Crippen molar-refractivity contribution >= 4 is 17.7 Å². The van der Waals surface area contributed by atoms with E-state index in [1.54, 1.807) is 11.8 Å². The van der Waals surface area contributed by atoms with Crippen LogP contribution >= 0.6 is 11.8 Å². The van der Waals surface area contributed by atoms with E-state index in [0.717, 1.165) is 25.9 Å². The second-order valence-electron chi connectivity index (χ2n) is 5.09. The van der Waals surface area contributed by atoms with Crippen LogP contribution in [0.15, 0.2) is 35.2 Å². The molecule has 0 saturated heterocycles. The summed E-state index contributed by atoms with van der Waals surface area (Å²) in [6, 6.07) is 10.3. The monoisotopic (exact) mass is 277 g/mol. The van der Waals surface area contributed by atoms with Crippen LogP contribution in [0.25, 0.3) is 0 Å². The second-order valence-corrected chi connectivity index (χ2v) is 6.55. The van der Waals surface area contributed by atoms with Gasteiger partial charge in [-0.15, -0.1) is 11.8 Å². The minimum atomic E-state index is -0.215. The summed E-state index contributed by atoms with van der Waals surface area (Å²) in [5.74, 6) is 0.337. The lowest BCUT2D eigenvalue weighted by Gasteiger charge is -2.33. The van der Waals surface area contributed by atoms with E-state index in [0.29, 0.717) is 5.91 Å². The molecule has 0 atom stereocenters. The SMILES string of the molecule is CCN(CC)C(=O)C1(Sc2ccccc2)CCCC1. The maximum atomic E-state index is 12.8. The Hall–Kier alpha value is -0.960. The van der Waals surface area contributed by atoms with Gasteiger partial charge in [0.25, 0.3) is 0 Å². The average Bonchev–Trinajstić information content (AvgIpc) is 2.91. The number of rotatable bonds is 5. The minimum Gasteiger partial charge on any atom is -0.342 e. The number of hydrogen-bond acceptors (Lipinski definition) is 2. The molecule has 1 amide bonds. The van der Waals surface area contributed by atoms with Crippen LogP contribution < -0.4 is 0 Å². The lowest BCUT2D eigenvalue weighted by molar-refractivity contribution is -0.133. The Bertz CT molecular complexity index is 408. The van der Waals surface area contributed by atoms with Crippen molar-refractivity contribution < 1.29 is 4.79 Å². The van der Waals surface area contributed by atoms with Crippen LogP contribution in [0.3, 0.4) is 0 Å². The maximum absolute atomic E-state index is 12.8. The lowest BCUT2D eigenvalue weighted by Crippen LogP contribution is -2.45. The van der Waals surface area contributed by atoms with Crippen LogP contribution in [0.4, 0.5) is 0 Å². The number of carbonyl (C=O) groups excluding carboxylic acids is 1. The predicted octanol–water partition coefficient (Wildman–Crippen LogP) is 3.96. The molecule has 1 saturated carbocycles. The summed E-state index contributed by atoms with van der Waals surface area (Å²) in [5.41, 5.74) is 0. The molecule has 0 bridgehead atoms. The molecule has 104 valence electrons. The van der Waals surface area contributed by atoms with Gasteiger partial charge < -0.3 is 4.90 Å². The van der Waals surface area contributed by atoms with Crippen molar-refractivity contribution in [2.75, 3.05) is 13.1 Å². The molecule has 0 aliphatic heterocycles. The molecule has 3 heteroatoms. The predicted molar refractivity (Wildman–Crippen MR) is 81.4 cm³/mol. The van der Waals surface area contributed by atoms with Gasteiger partial charge in [0.05, 0.1) is 4.75 Å². The van der Waals surface area contributed by atoms with Crippen LogP contribution in [-0.4, -0.2) is 28.6 Å². The molecule has 0 N–H and O–H groups in total. The molecule has 2 rings (SSSR count). The first-order chi connectivity index (χ1) is 9.22. The molecule has 1 aliphatic carbocycles. The van der Waals surface area contributed by atoms with Gasteiger partial charge in [0.1, 0.15) is 0 Å². The highest BCUT2D eigenvalue weighted by atomic mass is 32.2. The normalized spacial score (nSPS) is 17.4. The maximum Gasteiger partial charge on any atom is 0.239 e. The number of thioether (sulfide) groups is 1. The minimum absolute atomic E-state index is 0.215. The van der Waals surface area contributed by atoms with E-state index in [9.17, 15) is 4.79 Å². The van der Waals surface area contributed by atoms with Gasteiger partial charge in [-0.25, -0.2) is 0 Å². The van der Waals surface area contributed by atoms with Crippen molar-refractivity contribution in [3.8, 4) is 0 Å². The Kier molecular flexibility index (Phi) is 4.92. The van der Waals surface area contributed by atoms with E-state index < -0.39 is 0 Å². The molecular formula is C16H23NOS. The number of carbonyl (C=O) groups is 1. The highest BCUT2D eigenvalue weighted by Gasteiger charge is 2.43. The molecule has 0 radical (unpaired) electrons. The van der Waals surface area contributed by atoms with Gasteiger partial charge in [0, 0.05) is 18.0 Å². The fourth-order valence-electron chi connectivity index (χ4n) is 2.82. The Balaban J connectivity index is 2.20. The molecule has 2 nitrogen and oxygen atoms in total. The van der Waals surface area contributed by atoms with Crippen LogP contribution in [0.5, 0.6) is 0 Å². The second kappa shape index (κ2) is 6.47. The first-order valence-corrected chi connectivity index (χ1v) is 8.07. The van der Waals surface area contributed by atoms with Crippen molar-refractivity contribution in [2.24, 2.45) is 0 Å². The molecule has 1 aliphatic rings. The van der Waals surface area contributed by atoms with Gasteiger partial charge in [-0.2, -0.15) is 0 Å². The van der Waals surface area contributed by atoms with E-state index in [4.69, 9.17) is 0 Å². The third-order valence-electron chi connectivity index (χ3n) is 3.91. The highest BCUT2D eigenvalue weighted by Crippen LogP contribution is 2.46. The standard InChI is InChI=1S/C16H23NOS/c1-3-17(4-2)15(18)16(12-8-9-13-16)19-14-10-6-5-7-11-14/h5-7,10-11H,3-4,8-9,12-13H2,1-2H3. The Morgan fingerprint density at radius 2 is 1.74 bits per heavy atom. The Labute approximate surface area is 120 Å². The molecule has 1 aromatic rings. The Morgan fingerprint density at radius 3 is 2.26 bits per heavy atom. The number of nitrogens with zero attached hydrogens (tertiary/aromatic N) is 1. The summed E-state index contributed by atoms with van der Waals surface area (Å²) in [6.07, 6.45) is 4.38. The zero-order valence-electron chi connectivity index (χ0n) is 11.9. The first-order valence-electron chi connectivity index (χ1n) is 7.25. The largest absolute Gasteiger partial charge is 0.342 e. The van der Waals surface area contributed by atoms with Gasteiger partial charge in [-0.1, -0.05) is 31.0 Å². The van der Waals surface area contributed by atoms with Crippen LogP contribution in [0, 0.1) is 0 Å². The quantitative estimate of drug-likeness (QED) is 0.812. The molecule has 19 heavy (non-hydrogen) atoms. The summed E-state index contributed by atoms with van der Waals surface area (Å²) in [6.45, 7) is 5.76. The van der Waals surface area contributed by atoms with Gasteiger partial charge in [0.2, 0.25) is 5.91 Å². The third-order valence-corrected chi connectivity index (χ3v) is 5.39. The van der Waals surface area contributed by atoms with Gasteiger partial charge in [-0.3, -0.25) is 4.79 Å². The summed E-state index contributed by atoms with van der Waals surface area (Å²) in [5, 5.41) is 0. The van der Waals surface area contributed by atoms with Gasteiger partial charge in [0.15, 0.2) is 0 Å². The topological polar surface area (TPSA) is 20.3 Å². The van der Waals surface area contributed by atoms with Gasteiger partial charge >= 0.3 is 0 Å². The van der Waals surface area contributed by atoms with E-state index in [1.165, 1.54) is 17.7 Å². The molecule has 0 spiro atoms. The fourth-order valence-corrected chi connectivity index (χ4v) is 4.27. The summed E-state index contributed by atoms with van der Waals surface area (Å²) >= 11 is 1.77. The Morgan fingerprint density at radius 1 is 1.16 bits per heavy atom. The number of hydrogen-bond donors (Lipinski definition) is 0. The van der Waals surface area contributed by atoms with Crippen molar-refractivity contribution in [2.45, 2.75) is 49.2 Å². The van der Waals surface area contributed by atoms with E-state index in [2.05, 4.69) is 26.0 Å².